The molecule has 7 nitrogen and oxygen atoms in total. The predicted molar refractivity (Wildman–Crippen MR) is 105 cm³/mol. The quantitative estimate of drug-likeness (QED) is 0.590. The van der Waals surface area contributed by atoms with Crippen molar-refractivity contribution in [2.24, 2.45) is 0 Å². The summed E-state index contributed by atoms with van der Waals surface area (Å²) in [6.07, 6.45) is 1.72. The van der Waals surface area contributed by atoms with Gasteiger partial charge in [0.1, 0.15) is 12.4 Å². The van der Waals surface area contributed by atoms with Gasteiger partial charge in [0.05, 0.1) is 11.8 Å². The van der Waals surface area contributed by atoms with Gasteiger partial charge < -0.3 is 9.47 Å². The molecule has 1 aliphatic rings. The maximum Gasteiger partial charge on any atom is 0.338 e. The Labute approximate surface area is 163 Å². The molecule has 28 heavy (non-hydrogen) atoms. The van der Waals surface area contributed by atoms with Crippen LogP contribution in [-0.2, 0) is 19.6 Å². The van der Waals surface area contributed by atoms with E-state index in [2.05, 4.69) is 4.72 Å². The first-order valence-electron chi connectivity index (χ1n) is 8.48. The Balaban J connectivity index is 1.66. The first kappa shape index (κ1) is 19.6. The average Bonchev–Trinajstić information content (AvgIpc) is 2.66. The topological polar surface area (TPSA) is 98.8 Å². The Bertz CT molecular complexity index is 1040. The fraction of sp³-hybridized carbons (Fsp3) is 0.200. The minimum atomic E-state index is -3.40. The Kier molecular flexibility index (Phi) is 5.51. The largest absolute Gasteiger partial charge is 0.488 e. The Morgan fingerprint density at radius 1 is 1.11 bits per heavy atom. The monoisotopic (exact) mass is 401 g/mol. The van der Waals surface area contributed by atoms with Crippen LogP contribution in [0.15, 0.2) is 54.1 Å². The van der Waals surface area contributed by atoms with Crippen molar-refractivity contribution in [3.8, 4) is 5.75 Å². The molecule has 0 aliphatic carbocycles. The van der Waals surface area contributed by atoms with Gasteiger partial charge in [-0.05, 0) is 43.3 Å². The molecule has 0 fully saturated rings. The smallest absolute Gasteiger partial charge is 0.338 e. The number of carbonyl (C=O) groups is 2. The number of anilines is 1. The number of ether oxygens (including phenoxy) is 2. The van der Waals surface area contributed by atoms with Crippen LogP contribution < -0.4 is 9.46 Å². The first-order chi connectivity index (χ1) is 13.2. The van der Waals surface area contributed by atoms with E-state index in [-0.39, 0.29) is 6.61 Å². The van der Waals surface area contributed by atoms with E-state index < -0.39 is 27.9 Å². The van der Waals surface area contributed by atoms with Crippen molar-refractivity contribution in [2.45, 2.75) is 13.0 Å². The van der Waals surface area contributed by atoms with Crippen molar-refractivity contribution in [3.05, 3.63) is 65.2 Å². The second-order valence-corrected chi connectivity index (χ2v) is 8.11. The fourth-order valence-corrected chi connectivity index (χ4v) is 3.24. The van der Waals surface area contributed by atoms with Crippen LogP contribution in [0.4, 0.5) is 5.69 Å². The van der Waals surface area contributed by atoms with Crippen molar-refractivity contribution >= 4 is 33.5 Å². The Morgan fingerprint density at radius 2 is 1.79 bits per heavy atom. The molecule has 8 heteroatoms. The van der Waals surface area contributed by atoms with Gasteiger partial charge in [-0.3, -0.25) is 9.52 Å². The SMILES string of the molecule is C[C@H](OC(=O)C1=Cc2ccccc2OC1)C(=O)c1ccc(NS(C)(=O)=O)cc1. The number of hydrogen-bond acceptors (Lipinski definition) is 6. The lowest BCUT2D eigenvalue weighted by Gasteiger charge is -2.18. The van der Waals surface area contributed by atoms with Crippen molar-refractivity contribution in [1.29, 1.82) is 0 Å². The summed E-state index contributed by atoms with van der Waals surface area (Å²) in [7, 11) is -3.40. The predicted octanol–water partition coefficient (Wildman–Crippen LogP) is 2.65. The van der Waals surface area contributed by atoms with Crippen LogP contribution in [0.3, 0.4) is 0 Å². The highest BCUT2D eigenvalue weighted by Crippen LogP contribution is 2.26. The maximum absolute atomic E-state index is 12.5. The number of carbonyl (C=O) groups excluding carboxylic acids is 2. The van der Waals surface area contributed by atoms with E-state index in [9.17, 15) is 18.0 Å². The summed E-state index contributed by atoms with van der Waals surface area (Å²) in [5.41, 5.74) is 1.74. The summed E-state index contributed by atoms with van der Waals surface area (Å²) in [5.74, 6) is -0.325. The summed E-state index contributed by atoms with van der Waals surface area (Å²) in [6.45, 7) is 1.56. The molecule has 1 atom stereocenters. The molecule has 1 N–H and O–H groups in total. The lowest BCUT2D eigenvalue weighted by atomic mass is 10.1. The third kappa shape index (κ3) is 4.77. The number of rotatable bonds is 6. The number of hydrogen-bond donors (Lipinski definition) is 1. The second-order valence-electron chi connectivity index (χ2n) is 6.36. The summed E-state index contributed by atoms with van der Waals surface area (Å²) in [6, 6.07) is 13.2. The molecule has 0 radical (unpaired) electrons. The van der Waals surface area contributed by atoms with Crippen LogP contribution in [0.2, 0.25) is 0 Å². The third-order valence-electron chi connectivity index (χ3n) is 4.02. The van der Waals surface area contributed by atoms with Crippen LogP contribution in [-0.4, -0.2) is 39.1 Å². The molecule has 0 aromatic heterocycles. The lowest BCUT2D eigenvalue weighted by molar-refractivity contribution is -0.141. The number of para-hydroxylation sites is 1. The Morgan fingerprint density at radius 3 is 2.46 bits per heavy atom. The van der Waals surface area contributed by atoms with Gasteiger partial charge in [0.2, 0.25) is 15.8 Å². The van der Waals surface area contributed by atoms with Crippen LogP contribution in [0.25, 0.3) is 6.08 Å². The van der Waals surface area contributed by atoms with Crippen LogP contribution in [0.5, 0.6) is 5.75 Å². The minimum Gasteiger partial charge on any atom is -0.488 e. The molecule has 146 valence electrons. The molecule has 2 aromatic rings. The number of nitrogens with one attached hydrogen (secondary N) is 1. The molecule has 1 heterocycles. The van der Waals surface area contributed by atoms with E-state index in [1.165, 1.54) is 31.2 Å². The molecule has 0 spiro atoms. The summed E-state index contributed by atoms with van der Waals surface area (Å²) in [4.78, 5) is 24.9. The minimum absolute atomic E-state index is 0.0720. The zero-order valence-corrected chi connectivity index (χ0v) is 16.2. The molecule has 0 saturated carbocycles. The van der Waals surface area contributed by atoms with Gasteiger partial charge in [-0.1, -0.05) is 18.2 Å². The molecule has 2 aromatic carbocycles. The van der Waals surface area contributed by atoms with Crippen molar-refractivity contribution in [1.82, 2.24) is 0 Å². The number of Topliss-reactive ketones (excluding diaryl/α,β-unsaturated/α-hetero) is 1. The van der Waals surface area contributed by atoms with Gasteiger partial charge in [0.15, 0.2) is 6.10 Å². The van der Waals surface area contributed by atoms with Gasteiger partial charge in [0.25, 0.3) is 0 Å². The van der Waals surface area contributed by atoms with E-state index in [1.54, 1.807) is 6.08 Å². The van der Waals surface area contributed by atoms with Gasteiger partial charge in [-0.2, -0.15) is 0 Å². The van der Waals surface area contributed by atoms with Crippen molar-refractivity contribution in [3.63, 3.8) is 0 Å². The van der Waals surface area contributed by atoms with Crippen LogP contribution in [0.1, 0.15) is 22.8 Å². The van der Waals surface area contributed by atoms with Crippen LogP contribution in [0, 0.1) is 0 Å². The fourth-order valence-electron chi connectivity index (χ4n) is 2.68. The summed E-state index contributed by atoms with van der Waals surface area (Å²) < 4.78 is 35.6. The normalized spacial score (nSPS) is 14.1. The zero-order valence-electron chi connectivity index (χ0n) is 15.3. The second kappa shape index (κ2) is 7.85. The Hall–Kier alpha value is -3.13. The molecule has 0 unspecified atom stereocenters. The molecule has 0 saturated heterocycles. The highest BCUT2D eigenvalue weighted by atomic mass is 32.2. The standard InChI is InChI=1S/C20H19NO6S/c1-13(19(22)14-7-9-17(10-8-14)21-28(2,24)25)27-20(23)16-11-15-5-3-4-6-18(15)26-12-16/h3-11,13,21H,12H2,1-2H3/t13-/m0/s1. The first-order valence-corrected chi connectivity index (χ1v) is 10.4. The van der Waals surface area contributed by atoms with Crippen LogP contribution >= 0.6 is 0 Å². The molecule has 0 bridgehead atoms. The lowest BCUT2D eigenvalue weighted by Crippen LogP contribution is -2.27. The molecular formula is C20H19NO6S. The molecule has 1 aliphatic heterocycles. The number of benzene rings is 2. The van der Waals surface area contributed by atoms with E-state index >= 15 is 0 Å². The number of fused-ring (bicyclic) bond motifs is 1. The van der Waals surface area contributed by atoms with E-state index in [4.69, 9.17) is 9.47 Å². The van der Waals surface area contributed by atoms with Gasteiger partial charge in [0, 0.05) is 16.8 Å². The van der Waals surface area contributed by atoms with E-state index in [0.29, 0.717) is 22.6 Å². The maximum atomic E-state index is 12.5. The van der Waals surface area contributed by atoms with E-state index in [0.717, 1.165) is 11.8 Å². The molecule has 3 rings (SSSR count). The molecular weight excluding hydrogens is 382 g/mol. The average molecular weight is 401 g/mol. The van der Waals surface area contributed by atoms with Gasteiger partial charge >= 0.3 is 5.97 Å². The number of ketones is 1. The molecule has 0 amide bonds. The highest BCUT2D eigenvalue weighted by molar-refractivity contribution is 7.92. The summed E-state index contributed by atoms with van der Waals surface area (Å²) >= 11 is 0. The third-order valence-corrected chi connectivity index (χ3v) is 4.63. The number of sulfonamides is 1. The van der Waals surface area contributed by atoms with Gasteiger partial charge in [-0.15, -0.1) is 0 Å². The van der Waals surface area contributed by atoms with E-state index in [1.807, 2.05) is 24.3 Å². The van der Waals surface area contributed by atoms with Gasteiger partial charge in [-0.25, -0.2) is 13.2 Å². The highest BCUT2D eigenvalue weighted by Gasteiger charge is 2.24. The van der Waals surface area contributed by atoms with Crippen molar-refractivity contribution in [2.75, 3.05) is 17.6 Å². The zero-order chi connectivity index (χ0) is 20.3. The van der Waals surface area contributed by atoms with Crippen molar-refractivity contribution < 1.29 is 27.5 Å². The summed E-state index contributed by atoms with van der Waals surface area (Å²) in [5, 5.41) is 0. The number of esters is 1.